The third-order valence-electron chi connectivity index (χ3n) is 2.90. The van der Waals surface area contributed by atoms with E-state index in [0.29, 0.717) is 5.02 Å². The van der Waals surface area contributed by atoms with E-state index < -0.39 is 22.0 Å². The maximum atomic E-state index is 12.2. The largest absolute Gasteiger partial charge is 0.477 e. The monoisotopic (exact) mass is 328 g/mol. The zero-order valence-electron chi connectivity index (χ0n) is 11.0. The molecule has 0 saturated heterocycles. The zero-order chi connectivity index (χ0) is 15.6. The highest BCUT2D eigenvalue weighted by Crippen LogP contribution is 2.19. The number of hydrogen-bond acceptors (Lipinski definition) is 3. The molecule has 1 aromatic heterocycles. The van der Waals surface area contributed by atoms with Crippen LogP contribution in [-0.2, 0) is 10.0 Å². The Hall–Kier alpha value is -1.83. The van der Waals surface area contributed by atoms with Gasteiger partial charge in [-0.1, -0.05) is 23.7 Å². The maximum absolute atomic E-state index is 12.2. The van der Waals surface area contributed by atoms with Gasteiger partial charge in [0.15, 0.2) is 0 Å². The van der Waals surface area contributed by atoms with E-state index in [1.807, 2.05) is 0 Å². The van der Waals surface area contributed by atoms with Gasteiger partial charge in [-0.05, 0) is 30.7 Å². The van der Waals surface area contributed by atoms with E-state index in [-0.39, 0.29) is 10.6 Å². The topological polar surface area (TPSA) is 99.3 Å². The molecule has 2 aromatic rings. The molecule has 0 radical (unpaired) electrons. The Morgan fingerprint density at radius 2 is 1.95 bits per heavy atom. The first-order chi connectivity index (χ1) is 9.79. The highest BCUT2D eigenvalue weighted by atomic mass is 35.5. The van der Waals surface area contributed by atoms with Crippen LogP contribution in [0.15, 0.2) is 41.4 Å². The lowest BCUT2D eigenvalue weighted by Gasteiger charge is -2.14. The molecule has 0 unspecified atom stereocenters. The number of hydrogen-bond donors (Lipinski definition) is 3. The molecule has 3 N–H and O–H groups in total. The molecule has 0 aliphatic rings. The minimum absolute atomic E-state index is 0.124. The first kappa shape index (κ1) is 15.6. The number of sulfonamides is 1. The van der Waals surface area contributed by atoms with Crippen molar-refractivity contribution in [3.8, 4) is 0 Å². The quantitative estimate of drug-likeness (QED) is 0.784. The summed E-state index contributed by atoms with van der Waals surface area (Å²) in [6.07, 6.45) is 1.14. The number of benzene rings is 1. The van der Waals surface area contributed by atoms with Crippen molar-refractivity contribution in [3.63, 3.8) is 0 Å². The lowest BCUT2D eigenvalue weighted by Crippen LogP contribution is -2.26. The maximum Gasteiger partial charge on any atom is 0.352 e. The normalized spacial score (nSPS) is 13.0. The molecule has 0 saturated carbocycles. The summed E-state index contributed by atoms with van der Waals surface area (Å²) in [6, 6.07) is 7.36. The van der Waals surface area contributed by atoms with Gasteiger partial charge in [0.1, 0.15) is 10.6 Å². The predicted octanol–water partition coefficient (Wildman–Crippen LogP) is 2.41. The Balaban J connectivity index is 2.20. The fourth-order valence-electron chi connectivity index (χ4n) is 1.77. The van der Waals surface area contributed by atoms with Crippen molar-refractivity contribution in [2.75, 3.05) is 0 Å². The fourth-order valence-corrected chi connectivity index (χ4v) is 3.12. The second-order valence-corrected chi connectivity index (χ2v) is 6.60. The smallest absolute Gasteiger partial charge is 0.352 e. The van der Waals surface area contributed by atoms with E-state index in [0.717, 1.165) is 17.8 Å². The van der Waals surface area contributed by atoms with E-state index in [1.54, 1.807) is 31.2 Å². The summed E-state index contributed by atoms with van der Waals surface area (Å²) in [5.41, 5.74) is 0.562. The first-order valence-electron chi connectivity index (χ1n) is 5.99. The van der Waals surface area contributed by atoms with Crippen LogP contribution >= 0.6 is 11.6 Å². The lowest BCUT2D eigenvalue weighted by atomic mass is 10.1. The molecular formula is C13H13ClN2O4S. The van der Waals surface area contributed by atoms with E-state index in [4.69, 9.17) is 16.7 Å². The van der Waals surface area contributed by atoms with Gasteiger partial charge in [-0.2, -0.15) is 0 Å². The molecule has 0 aliphatic carbocycles. The van der Waals surface area contributed by atoms with Crippen LogP contribution in [0.3, 0.4) is 0 Å². The van der Waals surface area contributed by atoms with Crippen LogP contribution in [0.2, 0.25) is 5.02 Å². The van der Waals surface area contributed by atoms with Crippen LogP contribution in [0, 0.1) is 0 Å². The van der Waals surface area contributed by atoms with Crippen molar-refractivity contribution in [2.24, 2.45) is 0 Å². The second-order valence-electron chi connectivity index (χ2n) is 4.45. The van der Waals surface area contributed by atoms with Crippen molar-refractivity contribution in [1.82, 2.24) is 9.71 Å². The molecule has 1 heterocycles. The summed E-state index contributed by atoms with van der Waals surface area (Å²) in [7, 11) is -3.81. The van der Waals surface area contributed by atoms with Crippen molar-refractivity contribution < 1.29 is 18.3 Å². The Bertz CT molecular complexity index is 753. The SMILES string of the molecule is C[C@H](NS(=O)(=O)c1c[nH]c(C(=O)O)c1)c1ccc(Cl)cc1. The van der Waals surface area contributed by atoms with Gasteiger partial charge in [0.25, 0.3) is 0 Å². The first-order valence-corrected chi connectivity index (χ1v) is 7.85. The van der Waals surface area contributed by atoms with Crippen molar-refractivity contribution in [2.45, 2.75) is 17.9 Å². The molecule has 2 rings (SSSR count). The number of H-pyrrole nitrogens is 1. The molecule has 21 heavy (non-hydrogen) atoms. The Kier molecular flexibility index (Phi) is 4.36. The van der Waals surface area contributed by atoms with Crippen LogP contribution in [-0.4, -0.2) is 24.5 Å². The minimum atomic E-state index is -3.81. The van der Waals surface area contributed by atoms with Gasteiger partial charge in [-0.15, -0.1) is 0 Å². The summed E-state index contributed by atoms with van der Waals surface area (Å²) in [5.74, 6) is -1.22. The van der Waals surface area contributed by atoms with Crippen LogP contribution < -0.4 is 4.72 Å². The Morgan fingerprint density at radius 1 is 1.33 bits per heavy atom. The Labute approximate surface area is 126 Å². The molecule has 8 heteroatoms. The number of nitrogens with one attached hydrogen (secondary N) is 2. The molecule has 6 nitrogen and oxygen atoms in total. The number of halogens is 1. The highest BCUT2D eigenvalue weighted by Gasteiger charge is 2.21. The number of carboxylic acids is 1. The van der Waals surface area contributed by atoms with Gasteiger partial charge in [-0.25, -0.2) is 17.9 Å². The lowest BCUT2D eigenvalue weighted by molar-refractivity contribution is 0.0691. The molecule has 0 aliphatic heterocycles. The summed E-state index contributed by atoms with van der Waals surface area (Å²) in [5, 5.41) is 9.35. The fraction of sp³-hybridized carbons (Fsp3) is 0.154. The van der Waals surface area contributed by atoms with Crippen LogP contribution in [0.5, 0.6) is 0 Å². The number of carbonyl (C=O) groups is 1. The van der Waals surface area contributed by atoms with Crippen LogP contribution in [0.1, 0.15) is 29.0 Å². The van der Waals surface area contributed by atoms with Crippen molar-refractivity contribution in [1.29, 1.82) is 0 Å². The van der Waals surface area contributed by atoms with E-state index in [1.165, 1.54) is 0 Å². The van der Waals surface area contributed by atoms with Crippen molar-refractivity contribution in [3.05, 3.63) is 52.8 Å². The molecule has 1 aromatic carbocycles. The highest BCUT2D eigenvalue weighted by molar-refractivity contribution is 7.89. The number of aromatic amines is 1. The summed E-state index contributed by atoms with van der Waals surface area (Å²) < 4.78 is 26.8. The molecule has 112 valence electrons. The van der Waals surface area contributed by atoms with Gasteiger partial charge in [-0.3, -0.25) is 0 Å². The molecule has 0 bridgehead atoms. The molecule has 0 spiro atoms. The van der Waals surface area contributed by atoms with Gasteiger partial charge < -0.3 is 10.1 Å². The molecule has 0 fully saturated rings. The minimum Gasteiger partial charge on any atom is -0.477 e. The van der Waals surface area contributed by atoms with Crippen molar-refractivity contribution >= 4 is 27.6 Å². The number of carboxylic acid groups (broad SMARTS) is 1. The molecule has 1 atom stereocenters. The van der Waals surface area contributed by atoms with E-state index >= 15 is 0 Å². The van der Waals surface area contributed by atoms with Gasteiger partial charge >= 0.3 is 5.97 Å². The van der Waals surface area contributed by atoms with Gasteiger partial charge in [0, 0.05) is 17.3 Å². The summed E-state index contributed by atoms with van der Waals surface area (Å²) >= 11 is 5.78. The summed E-state index contributed by atoms with van der Waals surface area (Å²) in [6.45, 7) is 1.69. The molecular weight excluding hydrogens is 316 g/mol. The average Bonchev–Trinajstić information content (AvgIpc) is 2.89. The van der Waals surface area contributed by atoms with E-state index in [9.17, 15) is 13.2 Å². The third kappa shape index (κ3) is 3.63. The Morgan fingerprint density at radius 3 is 2.48 bits per heavy atom. The predicted molar refractivity (Wildman–Crippen MR) is 77.9 cm³/mol. The van der Waals surface area contributed by atoms with Gasteiger partial charge in [0.2, 0.25) is 10.0 Å². The summed E-state index contributed by atoms with van der Waals surface area (Å²) in [4.78, 5) is 13.0. The number of aromatic nitrogens is 1. The second kappa shape index (κ2) is 5.88. The number of aromatic carboxylic acids is 1. The van der Waals surface area contributed by atoms with Gasteiger partial charge in [0.05, 0.1) is 0 Å². The third-order valence-corrected chi connectivity index (χ3v) is 4.67. The van der Waals surface area contributed by atoms with E-state index in [2.05, 4.69) is 9.71 Å². The van der Waals surface area contributed by atoms with Crippen LogP contribution in [0.4, 0.5) is 0 Å². The molecule has 0 amide bonds. The standard InChI is InChI=1S/C13H13ClN2O4S/c1-8(9-2-4-10(14)5-3-9)16-21(19,20)11-6-12(13(17)18)15-7-11/h2-8,15-16H,1H3,(H,17,18)/t8-/m0/s1. The van der Waals surface area contributed by atoms with Crippen LogP contribution in [0.25, 0.3) is 0 Å². The zero-order valence-corrected chi connectivity index (χ0v) is 12.6. The average molecular weight is 329 g/mol. The number of rotatable bonds is 5.